The van der Waals surface area contributed by atoms with E-state index in [4.69, 9.17) is 16.6 Å². The Labute approximate surface area is 223 Å². The highest BCUT2D eigenvalue weighted by molar-refractivity contribution is 7.15. The Morgan fingerprint density at radius 2 is 1.89 bits per heavy atom. The number of carbonyl (C=O) groups excluding carboxylic acids is 2. The first-order valence-electron chi connectivity index (χ1n) is 12.1. The molecular formula is C27H25ClN6O2S. The third-order valence-corrected chi connectivity index (χ3v) is 8.58. The predicted molar refractivity (Wildman–Crippen MR) is 145 cm³/mol. The monoisotopic (exact) mass is 532 g/mol. The van der Waals surface area contributed by atoms with Crippen molar-refractivity contribution >= 4 is 40.9 Å². The molecule has 8 nitrogen and oxygen atoms in total. The minimum Gasteiger partial charge on any atom is -0.334 e. The van der Waals surface area contributed by atoms with Gasteiger partial charge in [-0.15, -0.1) is 11.3 Å². The van der Waals surface area contributed by atoms with E-state index >= 15 is 0 Å². The number of fused-ring (bicyclic) bond motifs is 2. The topological polar surface area (TPSA) is 92.2 Å². The molecule has 2 N–H and O–H groups in total. The Bertz CT molecular complexity index is 1540. The molecule has 0 radical (unpaired) electrons. The minimum absolute atomic E-state index is 0.289. The molecule has 188 valence electrons. The number of carbonyl (C=O) groups is 2. The van der Waals surface area contributed by atoms with Crippen LogP contribution in [0.4, 0.5) is 5.69 Å². The van der Waals surface area contributed by atoms with Crippen LogP contribution >= 0.6 is 22.9 Å². The van der Waals surface area contributed by atoms with Crippen LogP contribution in [0.1, 0.15) is 38.1 Å². The van der Waals surface area contributed by atoms with E-state index in [-0.39, 0.29) is 5.91 Å². The van der Waals surface area contributed by atoms with E-state index in [1.165, 1.54) is 0 Å². The van der Waals surface area contributed by atoms with Gasteiger partial charge in [0.25, 0.3) is 5.91 Å². The van der Waals surface area contributed by atoms with Crippen molar-refractivity contribution in [2.24, 2.45) is 7.05 Å². The fourth-order valence-electron chi connectivity index (χ4n) is 5.09. The molecule has 2 aromatic heterocycles. The number of hydrogen-bond acceptors (Lipinski definition) is 6. The second kappa shape index (κ2) is 9.41. The first-order valence-corrected chi connectivity index (χ1v) is 13.3. The quantitative estimate of drug-likeness (QED) is 0.368. The van der Waals surface area contributed by atoms with E-state index in [9.17, 15) is 9.59 Å². The lowest BCUT2D eigenvalue weighted by molar-refractivity contribution is -0.118. The molecule has 4 aromatic rings. The van der Waals surface area contributed by atoms with Gasteiger partial charge in [-0.3, -0.25) is 9.59 Å². The van der Waals surface area contributed by atoms with Gasteiger partial charge in [-0.2, -0.15) is 0 Å². The zero-order chi connectivity index (χ0) is 25.7. The second-order valence-electron chi connectivity index (χ2n) is 9.31. The van der Waals surface area contributed by atoms with Crippen molar-refractivity contribution in [3.8, 4) is 21.7 Å². The molecule has 0 bridgehead atoms. The summed E-state index contributed by atoms with van der Waals surface area (Å²) in [5, 5.41) is 7.67. The SMILES string of the molecule is Cc1c(-c2nc3c(s2)CN(C=O)C3)cccc1-c1cccc(NC(=O)c2nc3c(n2C)CCNC3)c1Cl. The lowest BCUT2D eigenvalue weighted by Gasteiger charge is -2.15. The number of hydrogen-bond donors (Lipinski definition) is 2. The Morgan fingerprint density at radius 1 is 1.11 bits per heavy atom. The summed E-state index contributed by atoms with van der Waals surface area (Å²) in [6.45, 7) is 4.76. The van der Waals surface area contributed by atoms with Gasteiger partial charge < -0.3 is 20.1 Å². The van der Waals surface area contributed by atoms with Crippen molar-refractivity contribution in [1.82, 2.24) is 24.8 Å². The molecule has 0 fully saturated rings. The summed E-state index contributed by atoms with van der Waals surface area (Å²) in [4.78, 5) is 36.5. The third-order valence-electron chi connectivity index (χ3n) is 7.06. The van der Waals surface area contributed by atoms with Crippen LogP contribution in [0, 0.1) is 6.92 Å². The van der Waals surface area contributed by atoms with Crippen LogP contribution in [0.25, 0.3) is 21.7 Å². The van der Waals surface area contributed by atoms with Crippen molar-refractivity contribution in [2.45, 2.75) is 33.0 Å². The molecule has 2 aliphatic rings. The minimum atomic E-state index is -0.289. The molecule has 2 aliphatic heterocycles. The summed E-state index contributed by atoms with van der Waals surface area (Å²) >= 11 is 8.50. The van der Waals surface area contributed by atoms with Gasteiger partial charge in [0.2, 0.25) is 6.41 Å². The van der Waals surface area contributed by atoms with Crippen LogP contribution in [-0.4, -0.2) is 38.3 Å². The molecule has 0 atom stereocenters. The van der Waals surface area contributed by atoms with Gasteiger partial charge in [0, 0.05) is 48.3 Å². The highest BCUT2D eigenvalue weighted by atomic mass is 35.5. The maximum atomic E-state index is 13.2. The molecule has 37 heavy (non-hydrogen) atoms. The number of aromatic nitrogens is 3. The lowest BCUT2D eigenvalue weighted by Crippen LogP contribution is -2.24. The van der Waals surface area contributed by atoms with Gasteiger partial charge in [0.1, 0.15) is 5.01 Å². The zero-order valence-corrected chi connectivity index (χ0v) is 22.0. The van der Waals surface area contributed by atoms with Crippen molar-refractivity contribution < 1.29 is 9.59 Å². The van der Waals surface area contributed by atoms with Crippen LogP contribution in [-0.2, 0) is 37.9 Å². The molecule has 0 saturated carbocycles. The molecular weight excluding hydrogens is 508 g/mol. The van der Waals surface area contributed by atoms with E-state index in [0.717, 1.165) is 68.6 Å². The number of anilines is 1. The first kappa shape index (κ1) is 23.8. The van der Waals surface area contributed by atoms with E-state index in [1.54, 1.807) is 22.3 Å². The maximum absolute atomic E-state index is 13.2. The Kier molecular flexibility index (Phi) is 6.06. The molecule has 0 aliphatic carbocycles. The largest absolute Gasteiger partial charge is 0.334 e. The number of thiazole rings is 1. The smallest absolute Gasteiger partial charge is 0.291 e. The van der Waals surface area contributed by atoms with Crippen molar-refractivity contribution in [3.05, 3.63) is 74.8 Å². The van der Waals surface area contributed by atoms with Crippen LogP contribution in [0.5, 0.6) is 0 Å². The van der Waals surface area contributed by atoms with Crippen LogP contribution in [0.15, 0.2) is 36.4 Å². The fraction of sp³-hybridized carbons (Fsp3) is 0.259. The second-order valence-corrected chi connectivity index (χ2v) is 10.8. The van der Waals surface area contributed by atoms with Crippen LogP contribution in [0.3, 0.4) is 0 Å². The molecule has 2 amide bonds. The van der Waals surface area contributed by atoms with E-state index in [2.05, 4.69) is 28.6 Å². The standard InChI is InChI=1S/C27H25ClN6O2S/c1-15-16(5-3-6-17(15)27-32-21-12-34(14-35)13-23(21)37-27)18-7-4-8-19(24(18)28)31-26(36)25-30-20-11-29-10-9-22(20)33(25)2/h3-8,14,29H,9-13H2,1-2H3,(H,31,36). The maximum Gasteiger partial charge on any atom is 0.291 e. The number of nitrogens with one attached hydrogen (secondary N) is 2. The highest BCUT2D eigenvalue weighted by Gasteiger charge is 2.25. The van der Waals surface area contributed by atoms with Gasteiger partial charge in [-0.1, -0.05) is 41.9 Å². The molecule has 2 aromatic carbocycles. The number of rotatable bonds is 5. The van der Waals surface area contributed by atoms with Crippen LogP contribution < -0.4 is 10.6 Å². The Hall–Kier alpha value is -3.53. The van der Waals surface area contributed by atoms with E-state index in [0.29, 0.717) is 36.2 Å². The average molecular weight is 533 g/mol. The summed E-state index contributed by atoms with van der Waals surface area (Å²) in [6.07, 6.45) is 1.71. The predicted octanol–water partition coefficient (Wildman–Crippen LogP) is 4.54. The van der Waals surface area contributed by atoms with Crippen molar-refractivity contribution in [3.63, 3.8) is 0 Å². The van der Waals surface area contributed by atoms with Crippen LogP contribution in [0.2, 0.25) is 5.02 Å². The Balaban J connectivity index is 1.31. The van der Waals surface area contributed by atoms with Gasteiger partial charge in [-0.25, -0.2) is 9.97 Å². The van der Waals surface area contributed by atoms with Gasteiger partial charge >= 0.3 is 0 Å². The summed E-state index contributed by atoms with van der Waals surface area (Å²) in [7, 11) is 1.88. The fourth-order valence-corrected chi connectivity index (χ4v) is 6.54. The summed E-state index contributed by atoms with van der Waals surface area (Å²) < 4.78 is 1.87. The molecule has 0 spiro atoms. The number of nitrogens with zero attached hydrogens (tertiary/aromatic N) is 4. The summed E-state index contributed by atoms with van der Waals surface area (Å²) in [5.41, 5.74) is 7.40. The number of halogens is 1. The van der Waals surface area contributed by atoms with Gasteiger partial charge in [-0.05, 0) is 24.1 Å². The highest BCUT2D eigenvalue weighted by Crippen LogP contribution is 2.40. The van der Waals surface area contributed by atoms with E-state index in [1.807, 2.05) is 35.9 Å². The normalized spacial score (nSPS) is 14.4. The zero-order valence-electron chi connectivity index (χ0n) is 20.5. The number of benzene rings is 2. The van der Waals surface area contributed by atoms with E-state index < -0.39 is 0 Å². The molecule has 0 saturated heterocycles. The summed E-state index contributed by atoms with van der Waals surface area (Å²) in [6, 6.07) is 11.7. The summed E-state index contributed by atoms with van der Waals surface area (Å²) in [5.74, 6) is 0.0846. The lowest BCUT2D eigenvalue weighted by atomic mass is 9.96. The third kappa shape index (κ3) is 4.13. The molecule has 4 heterocycles. The Morgan fingerprint density at radius 3 is 2.68 bits per heavy atom. The van der Waals surface area contributed by atoms with Gasteiger partial charge in [0.05, 0.1) is 35.2 Å². The van der Waals surface area contributed by atoms with Crippen molar-refractivity contribution in [2.75, 3.05) is 11.9 Å². The molecule has 0 unspecified atom stereocenters. The number of imidazole rings is 1. The number of amides is 2. The van der Waals surface area contributed by atoms with Gasteiger partial charge in [0.15, 0.2) is 5.82 Å². The average Bonchev–Trinajstić information content (AvgIpc) is 3.57. The van der Waals surface area contributed by atoms with Crippen molar-refractivity contribution in [1.29, 1.82) is 0 Å². The first-order chi connectivity index (χ1) is 17.9. The molecule has 6 rings (SSSR count). The molecule has 10 heteroatoms.